The summed E-state index contributed by atoms with van der Waals surface area (Å²) < 4.78 is 5.74. The maximum absolute atomic E-state index is 6.17. The summed E-state index contributed by atoms with van der Waals surface area (Å²) in [6, 6.07) is 8.28. The van der Waals surface area contributed by atoms with Crippen LogP contribution in [-0.2, 0) is 10.2 Å². The van der Waals surface area contributed by atoms with Crippen LogP contribution in [0.2, 0.25) is 5.02 Å². The smallest absolute Gasteiger partial charge is 0.193 e. The maximum Gasteiger partial charge on any atom is 0.193 e. The minimum Gasteiger partial charge on any atom is -0.378 e. The van der Waals surface area contributed by atoms with Crippen LogP contribution in [0.15, 0.2) is 29.3 Å². The average molecular weight is 350 g/mol. The zero-order valence-corrected chi connectivity index (χ0v) is 15.5. The molecule has 1 N–H and O–H groups in total. The second-order valence-electron chi connectivity index (χ2n) is 6.83. The van der Waals surface area contributed by atoms with Crippen LogP contribution in [0.4, 0.5) is 0 Å². The van der Waals surface area contributed by atoms with E-state index in [2.05, 4.69) is 34.3 Å². The molecule has 24 heavy (non-hydrogen) atoms. The fourth-order valence-corrected chi connectivity index (χ4v) is 3.78. The van der Waals surface area contributed by atoms with Gasteiger partial charge in [0.15, 0.2) is 5.96 Å². The zero-order chi connectivity index (χ0) is 17.0. The fraction of sp³-hybridized carbons (Fsp3) is 0.632. The molecule has 1 saturated carbocycles. The Bertz CT molecular complexity index is 578. The number of halogens is 1. The topological polar surface area (TPSA) is 36.9 Å². The number of nitrogens with one attached hydrogen (secondary N) is 1. The van der Waals surface area contributed by atoms with Crippen molar-refractivity contribution in [3.8, 4) is 0 Å². The van der Waals surface area contributed by atoms with Crippen molar-refractivity contribution >= 4 is 17.6 Å². The van der Waals surface area contributed by atoms with E-state index in [4.69, 9.17) is 16.3 Å². The Morgan fingerprint density at radius 3 is 2.71 bits per heavy atom. The molecule has 0 unspecified atom stereocenters. The first-order chi connectivity index (χ1) is 11.7. The van der Waals surface area contributed by atoms with Crippen molar-refractivity contribution in [1.29, 1.82) is 0 Å². The molecule has 1 aliphatic carbocycles. The third kappa shape index (κ3) is 4.04. The molecule has 2 fully saturated rings. The van der Waals surface area contributed by atoms with E-state index < -0.39 is 0 Å². The molecule has 0 atom stereocenters. The van der Waals surface area contributed by atoms with Gasteiger partial charge in [0.05, 0.1) is 6.10 Å². The van der Waals surface area contributed by atoms with E-state index in [9.17, 15) is 0 Å². The lowest BCUT2D eigenvalue weighted by molar-refractivity contribution is 0.0263. The van der Waals surface area contributed by atoms with Crippen LogP contribution < -0.4 is 5.32 Å². The van der Waals surface area contributed by atoms with Crippen LogP contribution >= 0.6 is 11.6 Å². The number of benzene rings is 1. The molecule has 0 radical (unpaired) electrons. The van der Waals surface area contributed by atoms with E-state index in [1.54, 1.807) is 0 Å². The lowest BCUT2D eigenvalue weighted by Gasteiger charge is -2.34. The fourth-order valence-electron chi connectivity index (χ4n) is 3.59. The maximum atomic E-state index is 6.17. The molecular weight excluding hydrogens is 322 g/mol. The minimum atomic E-state index is 0.227. The number of guanidine groups is 1. The van der Waals surface area contributed by atoms with Crippen molar-refractivity contribution in [2.24, 2.45) is 4.99 Å². The van der Waals surface area contributed by atoms with E-state index >= 15 is 0 Å². The van der Waals surface area contributed by atoms with Crippen LogP contribution in [0.5, 0.6) is 0 Å². The van der Waals surface area contributed by atoms with Gasteiger partial charge >= 0.3 is 0 Å². The largest absolute Gasteiger partial charge is 0.378 e. The summed E-state index contributed by atoms with van der Waals surface area (Å²) in [5.74, 6) is 1.01. The summed E-state index contributed by atoms with van der Waals surface area (Å²) in [5, 5.41) is 4.42. The van der Waals surface area contributed by atoms with Crippen molar-refractivity contribution in [3.05, 3.63) is 34.9 Å². The average Bonchev–Trinajstić information content (AvgIpc) is 3.38. The summed E-state index contributed by atoms with van der Waals surface area (Å²) in [5.41, 5.74) is 1.57. The number of rotatable bonds is 5. The van der Waals surface area contributed by atoms with Crippen molar-refractivity contribution in [2.45, 2.75) is 44.1 Å². The Balaban J connectivity index is 1.55. The highest BCUT2D eigenvalue weighted by Gasteiger charge is 2.44. The molecule has 5 heteroatoms. The second-order valence-corrected chi connectivity index (χ2v) is 7.27. The van der Waals surface area contributed by atoms with Gasteiger partial charge in [0, 0.05) is 43.7 Å². The van der Waals surface area contributed by atoms with Gasteiger partial charge in [-0.2, -0.15) is 0 Å². The van der Waals surface area contributed by atoms with Gasteiger partial charge in [-0.1, -0.05) is 23.7 Å². The Morgan fingerprint density at radius 2 is 2.12 bits per heavy atom. The van der Waals surface area contributed by atoms with E-state index in [1.165, 1.54) is 18.4 Å². The lowest BCUT2D eigenvalue weighted by Crippen LogP contribution is -2.48. The molecule has 1 aromatic carbocycles. The van der Waals surface area contributed by atoms with E-state index in [0.29, 0.717) is 6.10 Å². The quantitative estimate of drug-likeness (QED) is 0.653. The highest BCUT2D eigenvalue weighted by molar-refractivity contribution is 6.30. The molecule has 1 aromatic rings. The van der Waals surface area contributed by atoms with Gasteiger partial charge < -0.3 is 15.0 Å². The third-order valence-electron chi connectivity index (χ3n) is 5.23. The Labute approximate surface area is 150 Å². The lowest BCUT2D eigenvalue weighted by atomic mass is 9.96. The SMILES string of the molecule is CCOC1CCN(C(=NC)NCC2(c3cccc(Cl)c3)CC2)CC1. The Kier molecular flexibility index (Phi) is 5.67. The van der Waals surface area contributed by atoms with Gasteiger partial charge in [0.2, 0.25) is 0 Å². The summed E-state index contributed by atoms with van der Waals surface area (Å²) in [6.45, 7) is 5.81. The molecule has 3 rings (SSSR count). The van der Waals surface area contributed by atoms with Gasteiger partial charge in [0.25, 0.3) is 0 Å². The molecule has 0 spiro atoms. The zero-order valence-electron chi connectivity index (χ0n) is 14.7. The number of hydrogen-bond acceptors (Lipinski definition) is 2. The van der Waals surface area contributed by atoms with Crippen molar-refractivity contribution in [1.82, 2.24) is 10.2 Å². The first kappa shape index (κ1) is 17.6. The van der Waals surface area contributed by atoms with Crippen LogP contribution in [0.1, 0.15) is 38.2 Å². The third-order valence-corrected chi connectivity index (χ3v) is 5.47. The van der Waals surface area contributed by atoms with E-state index in [0.717, 1.165) is 50.1 Å². The van der Waals surface area contributed by atoms with Gasteiger partial charge in [-0.05, 0) is 50.3 Å². The van der Waals surface area contributed by atoms with Crippen molar-refractivity contribution in [2.75, 3.05) is 33.3 Å². The second kappa shape index (κ2) is 7.75. The highest BCUT2D eigenvalue weighted by Crippen LogP contribution is 2.48. The number of hydrogen-bond donors (Lipinski definition) is 1. The first-order valence-electron chi connectivity index (χ1n) is 9.00. The summed E-state index contributed by atoms with van der Waals surface area (Å²) >= 11 is 6.17. The molecular formula is C19H28ClN3O. The number of likely N-dealkylation sites (tertiary alicyclic amines) is 1. The van der Waals surface area contributed by atoms with Crippen LogP contribution in [-0.4, -0.2) is 50.3 Å². The molecule has 4 nitrogen and oxygen atoms in total. The molecule has 1 aliphatic heterocycles. The van der Waals surface area contributed by atoms with Crippen LogP contribution in [0, 0.1) is 0 Å². The standard InChI is InChI=1S/C19H28ClN3O/c1-3-24-17-7-11-23(12-8-17)18(21-2)22-14-19(9-10-19)15-5-4-6-16(20)13-15/h4-6,13,17H,3,7-12,14H2,1-2H3,(H,21,22). The van der Waals surface area contributed by atoms with Gasteiger partial charge in [-0.3, -0.25) is 4.99 Å². The predicted molar refractivity (Wildman–Crippen MR) is 99.9 cm³/mol. The molecule has 0 aromatic heterocycles. The molecule has 1 saturated heterocycles. The number of aliphatic imine (C=N–C) groups is 1. The monoisotopic (exact) mass is 349 g/mol. The van der Waals surface area contributed by atoms with Crippen LogP contribution in [0.25, 0.3) is 0 Å². The van der Waals surface area contributed by atoms with E-state index in [-0.39, 0.29) is 5.41 Å². The predicted octanol–water partition coefficient (Wildman–Crippen LogP) is 3.45. The number of nitrogens with zero attached hydrogens (tertiary/aromatic N) is 2. The summed E-state index contributed by atoms with van der Waals surface area (Å²) in [4.78, 5) is 6.84. The van der Waals surface area contributed by atoms with Crippen molar-refractivity contribution < 1.29 is 4.74 Å². The van der Waals surface area contributed by atoms with E-state index in [1.807, 2.05) is 19.2 Å². The Morgan fingerprint density at radius 1 is 1.38 bits per heavy atom. The summed E-state index contributed by atoms with van der Waals surface area (Å²) in [6.07, 6.45) is 4.99. The summed E-state index contributed by atoms with van der Waals surface area (Å²) in [7, 11) is 1.87. The molecule has 132 valence electrons. The molecule has 0 bridgehead atoms. The van der Waals surface area contributed by atoms with Gasteiger partial charge in [-0.15, -0.1) is 0 Å². The molecule has 2 aliphatic rings. The molecule has 0 amide bonds. The van der Waals surface area contributed by atoms with Crippen molar-refractivity contribution in [3.63, 3.8) is 0 Å². The minimum absolute atomic E-state index is 0.227. The van der Waals surface area contributed by atoms with Gasteiger partial charge in [0.1, 0.15) is 0 Å². The number of ether oxygens (including phenoxy) is 1. The molecule has 1 heterocycles. The normalized spacial score (nSPS) is 21.0. The van der Waals surface area contributed by atoms with Gasteiger partial charge in [-0.25, -0.2) is 0 Å². The Hall–Kier alpha value is -1.26. The number of piperidine rings is 1. The first-order valence-corrected chi connectivity index (χ1v) is 9.38. The highest BCUT2D eigenvalue weighted by atomic mass is 35.5. The van der Waals surface area contributed by atoms with Crippen LogP contribution in [0.3, 0.4) is 0 Å².